The van der Waals surface area contributed by atoms with Crippen molar-refractivity contribution in [3.05, 3.63) is 30.3 Å². The van der Waals surface area contributed by atoms with Crippen LogP contribution in [-0.2, 0) is 0 Å². The molecule has 1 aliphatic heterocycles. The molecule has 0 aromatic heterocycles. The number of hydrogen-bond donors (Lipinski definition) is 0. The van der Waals surface area contributed by atoms with Crippen LogP contribution in [0.4, 0.5) is 5.69 Å². The van der Waals surface area contributed by atoms with Gasteiger partial charge in [0.05, 0.1) is 0 Å². The van der Waals surface area contributed by atoms with E-state index < -0.39 is 0 Å². The molecule has 1 aromatic rings. The molecule has 1 aromatic carbocycles. The molecule has 1 heterocycles. The van der Waals surface area contributed by atoms with Gasteiger partial charge in [0.15, 0.2) is 0 Å². The molecule has 3 heteroatoms. The number of nitrogens with zero attached hydrogens (tertiary/aromatic N) is 2. The Morgan fingerprint density at radius 1 is 1.05 bits per heavy atom. The van der Waals surface area contributed by atoms with E-state index in [4.69, 9.17) is 0 Å². The van der Waals surface area contributed by atoms with E-state index in [1.807, 2.05) is 11.8 Å². The Kier molecular flexibility index (Phi) is 7.31. The predicted octanol–water partition coefficient (Wildman–Crippen LogP) is 3.73. The van der Waals surface area contributed by atoms with Gasteiger partial charge in [-0.15, -0.1) is 0 Å². The maximum Gasteiger partial charge on any atom is 0.0366 e. The lowest BCUT2D eigenvalue weighted by Crippen LogP contribution is -2.29. The number of para-hydroxylation sites is 1. The zero-order valence-corrected chi connectivity index (χ0v) is 13.6. The molecule has 0 atom stereocenters. The highest BCUT2D eigenvalue weighted by atomic mass is 32.2. The monoisotopic (exact) mass is 292 g/mol. The van der Waals surface area contributed by atoms with Gasteiger partial charge >= 0.3 is 0 Å². The summed E-state index contributed by atoms with van der Waals surface area (Å²) in [6, 6.07) is 10.9. The van der Waals surface area contributed by atoms with Crippen LogP contribution in [0.15, 0.2) is 30.3 Å². The van der Waals surface area contributed by atoms with Gasteiger partial charge in [0.1, 0.15) is 0 Å². The molecular weight excluding hydrogens is 264 g/mol. The lowest BCUT2D eigenvalue weighted by molar-refractivity contribution is 0.334. The smallest absolute Gasteiger partial charge is 0.0366 e. The summed E-state index contributed by atoms with van der Waals surface area (Å²) in [6.07, 6.45) is 7.56. The molecule has 0 spiro atoms. The van der Waals surface area contributed by atoms with Crippen molar-refractivity contribution >= 4 is 17.4 Å². The number of thioether (sulfide) groups is 1. The van der Waals surface area contributed by atoms with Crippen molar-refractivity contribution in [2.24, 2.45) is 0 Å². The van der Waals surface area contributed by atoms with Gasteiger partial charge in [0, 0.05) is 18.8 Å². The average Bonchev–Trinajstić information content (AvgIpc) is 3.00. The molecule has 0 amide bonds. The Hall–Kier alpha value is -0.670. The minimum absolute atomic E-state index is 1.19. The lowest BCUT2D eigenvalue weighted by Gasteiger charge is -2.26. The first-order chi connectivity index (χ1) is 9.90. The van der Waals surface area contributed by atoms with Gasteiger partial charge in [-0.3, -0.25) is 0 Å². The van der Waals surface area contributed by atoms with E-state index in [2.05, 4.69) is 46.4 Å². The van der Waals surface area contributed by atoms with Gasteiger partial charge in [0.2, 0.25) is 0 Å². The highest BCUT2D eigenvalue weighted by Crippen LogP contribution is 2.15. The molecule has 112 valence electrons. The van der Waals surface area contributed by atoms with Gasteiger partial charge in [-0.25, -0.2) is 0 Å². The zero-order valence-electron chi connectivity index (χ0n) is 12.8. The summed E-state index contributed by atoms with van der Waals surface area (Å²) in [5.41, 5.74) is 1.38. The van der Waals surface area contributed by atoms with E-state index in [1.54, 1.807) is 0 Å². The highest BCUT2D eigenvalue weighted by Gasteiger charge is 2.12. The Balaban J connectivity index is 1.78. The van der Waals surface area contributed by atoms with Crippen LogP contribution in [-0.4, -0.2) is 49.6 Å². The first kappa shape index (κ1) is 15.7. The molecular formula is C17H28N2S. The Morgan fingerprint density at radius 2 is 1.75 bits per heavy atom. The summed E-state index contributed by atoms with van der Waals surface area (Å²) in [5.74, 6) is 1.26. The third kappa shape index (κ3) is 5.37. The fraction of sp³-hybridized carbons (Fsp3) is 0.647. The van der Waals surface area contributed by atoms with E-state index in [9.17, 15) is 0 Å². The van der Waals surface area contributed by atoms with Crippen molar-refractivity contribution in [2.45, 2.75) is 25.7 Å². The summed E-state index contributed by atoms with van der Waals surface area (Å²) in [6.45, 7) is 6.28. The van der Waals surface area contributed by atoms with Crippen LogP contribution in [0, 0.1) is 0 Å². The first-order valence-corrected chi connectivity index (χ1v) is 9.31. The molecule has 0 radical (unpaired) electrons. The summed E-state index contributed by atoms with van der Waals surface area (Å²) in [5, 5.41) is 0. The second-order valence-electron chi connectivity index (χ2n) is 5.57. The Bertz CT molecular complexity index is 349. The van der Waals surface area contributed by atoms with E-state index >= 15 is 0 Å². The van der Waals surface area contributed by atoms with E-state index in [1.165, 1.54) is 69.8 Å². The molecule has 0 saturated carbocycles. The van der Waals surface area contributed by atoms with Gasteiger partial charge < -0.3 is 9.80 Å². The van der Waals surface area contributed by atoms with Gasteiger partial charge in [-0.2, -0.15) is 11.8 Å². The summed E-state index contributed by atoms with van der Waals surface area (Å²) in [4.78, 5) is 5.18. The SMILES string of the molecule is CSCCCN(CCCN1CCCC1)c1ccccc1. The van der Waals surface area contributed by atoms with Gasteiger partial charge in [-0.1, -0.05) is 18.2 Å². The molecule has 1 saturated heterocycles. The number of likely N-dealkylation sites (tertiary alicyclic amines) is 1. The summed E-state index contributed by atoms with van der Waals surface area (Å²) < 4.78 is 0. The molecule has 0 N–H and O–H groups in total. The zero-order chi connectivity index (χ0) is 14.0. The van der Waals surface area contributed by atoms with Crippen molar-refractivity contribution in [3.8, 4) is 0 Å². The van der Waals surface area contributed by atoms with E-state index in [0.717, 1.165) is 0 Å². The molecule has 0 bridgehead atoms. The molecule has 20 heavy (non-hydrogen) atoms. The summed E-state index contributed by atoms with van der Waals surface area (Å²) in [7, 11) is 0. The van der Waals surface area contributed by atoms with E-state index in [-0.39, 0.29) is 0 Å². The quantitative estimate of drug-likeness (QED) is 0.640. The fourth-order valence-electron chi connectivity index (χ4n) is 2.90. The minimum Gasteiger partial charge on any atom is -0.371 e. The standard InChI is InChI=1S/C17H28N2S/c1-20-16-8-15-19(17-9-3-2-4-10-17)14-7-13-18-11-5-6-12-18/h2-4,9-10H,5-8,11-16H2,1H3. The maximum atomic E-state index is 2.62. The minimum atomic E-state index is 1.19. The van der Waals surface area contributed by atoms with Crippen LogP contribution in [0.3, 0.4) is 0 Å². The molecule has 1 fully saturated rings. The lowest BCUT2D eigenvalue weighted by atomic mass is 10.2. The second kappa shape index (κ2) is 9.30. The van der Waals surface area contributed by atoms with Crippen molar-refractivity contribution < 1.29 is 0 Å². The van der Waals surface area contributed by atoms with E-state index in [0.29, 0.717) is 0 Å². The van der Waals surface area contributed by atoms with Crippen LogP contribution in [0.1, 0.15) is 25.7 Å². The topological polar surface area (TPSA) is 6.48 Å². The largest absolute Gasteiger partial charge is 0.371 e. The molecule has 0 unspecified atom stereocenters. The Labute approximate surface area is 128 Å². The summed E-state index contributed by atoms with van der Waals surface area (Å²) >= 11 is 1.95. The third-order valence-electron chi connectivity index (χ3n) is 4.00. The van der Waals surface area contributed by atoms with Gasteiger partial charge in [-0.05, 0) is 69.5 Å². The molecule has 0 aliphatic carbocycles. The van der Waals surface area contributed by atoms with Crippen molar-refractivity contribution in [3.63, 3.8) is 0 Å². The van der Waals surface area contributed by atoms with Crippen LogP contribution >= 0.6 is 11.8 Å². The highest BCUT2D eigenvalue weighted by molar-refractivity contribution is 7.98. The van der Waals surface area contributed by atoms with Crippen LogP contribution in [0.25, 0.3) is 0 Å². The van der Waals surface area contributed by atoms with Crippen molar-refractivity contribution in [1.29, 1.82) is 0 Å². The van der Waals surface area contributed by atoms with Crippen LogP contribution in [0.5, 0.6) is 0 Å². The number of anilines is 1. The average molecular weight is 292 g/mol. The van der Waals surface area contributed by atoms with Crippen molar-refractivity contribution in [2.75, 3.05) is 49.6 Å². The number of hydrogen-bond acceptors (Lipinski definition) is 3. The first-order valence-electron chi connectivity index (χ1n) is 7.91. The second-order valence-corrected chi connectivity index (χ2v) is 6.56. The number of benzene rings is 1. The van der Waals surface area contributed by atoms with Crippen molar-refractivity contribution in [1.82, 2.24) is 4.90 Å². The van der Waals surface area contributed by atoms with Crippen LogP contribution < -0.4 is 4.90 Å². The molecule has 2 rings (SSSR count). The predicted molar refractivity (Wildman–Crippen MR) is 91.9 cm³/mol. The molecule has 2 nitrogen and oxygen atoms in total. The normalized spacial score (nSPS) is 15.7. The van der Waals surface area contributed by atoms with Gasteiger partial charge in [0.25, 0.3) is 0 Å². The molecule has 1 aliphatic rings. The third-order valence-corrected chi connectivity index (χ3v) is 4.70. The van der Waals surface area contributed by atoms with Crippen LogP contribution in [0.2, 0.25) is 0 Å². The maximum absolute atomic E-state index is 2.62. The Morgan fingerprint density at radius 3 is 2.45 bits per heavy atom. The fourth-order valence-corrected chi connectivity index (χ4v) is 3.32. The number of rotatable bonds is 9.